The van der Waals surface area contributed by atoms with Crippen LogP contribution in [0.5, 0.6) is 0 Å². The van der Waals surface area contributed by atoms with Gasteiger partial charge in [0.15, 0.2) is 0 Å². The van der Waals surface area contributed by atoms with Crippen LogP contribution in [0.3, 0.4) is 0 Å². The van der Waals surface area contributed by atoms with E-state index < -0.39 is 5.97 Å². The van der Waals surface area contributed by atoms with Crippen molar-refractivity contribution >= 4 is 23.3 Å². The molecule has 3 N–H and O–H groups in total. The van der Waals surface area contributed by atoms with Crippen LogP contribution in [-0.4, -0.2) is 27.6 Å². The zero-order valence-corrected chi connectivity index (χ0v) is 13.6. The first kappa shape index (κ1) is 16.7. The predicted octanol–water partition coefficient (Wildman–Crippen LogP) is 3.68. The van der Waals surface area contributed by atoms with Crippen molar-refractivity contribution in [3.8, 4) is 0 Å². The lowest BCUT2D eigenvalue weighted by atomic mass is 10.1. The fourth-order valence-corrected chi connectivity index (χ4v) is 2.13. The van der Waals surface area contributed by atoms with Crippen molar-refractivity contribution in [2.24, 2.45) is 5.92 Å². The molecule has 1 heterocycles. The van der Waals surface area contributed by atoms with Crippen molar-refractivity contribution in [2.75, 3.05) is 17.2 Å². The second kappa shape index (κ2) is 7.58. The fraction of sp³-hybridized carbons (Fsp3) is 0.353. The Morgan fingerprint density at radius 2 is 1.91 bits per heavy atom. The summed E-state index contributed by atoms with van der Waals surface area (Å²) in [5, 5.41) is 15.6. The molecule has 0 bridgehead atoms. The maximum absolute atomic E-state index is 11.3. The topological polar surface area (TPSA) is 87.1 Å². The fourth-order valence-electron chi connectivity index (χ4n) is 2.13. The molecule has 0 spiro atoms. The molecule has 0 fully saturated rings. The quantitative estimate of drug-likeness (QED) is 0.722. The molecule has 0 saturated heterocycles. The average Bonchev–Trinajstić information content (AvgIpc) is 2.46. The van der Waals surface area contributed by atoms with Crippen LogP contribution >= 0.6 is 0 Å². The summed E-state index contributed by atoms with van der Waals surface area (Å²) in [6.45, 7) is 6.98. The first-order valence-corrected chi connectivity index (χ1v) is 7.64. The van der Waals surface area contributed by atoms with Crippen molar-refractivity contribution in [2.45, 2.75) is 27.2 Å². The molecule has 0 radical (unpaired) electrons. The lowest BCUT2D eigenvalue weighted by molar-refractivity contribution is 0.0698. The first-order valence-electron chi connectivity index (χ1n) is 7.64. The predicted molar refractivity (Wildman–Crippen MR) is 91.4 cm³/mol. The van der Waals surface area contributed by atoms with Gasteiger partial charge in [0.05, 0.1) is 11.3 Å². The van der Waals surface area contributed by atoms with Gasteiger partial charge in [-0.3, -0.25) is 0 Å². The summed E-state index contributed by atoms with van der Waals surface area (Å²) in [5.41, 5.74) is 0.712. The summed E-state index contributed by atoms with van der Waals surface area (Å²) < 4.78 is 0. The van der Waals surface area contributed by atoms with Crippen molar-refractivity contribution in [3.05, 3.63) is 41.7 Å². The van der Waals surface area contributed by atoms with E-state index in [1.165, 1.54) is 0 Å². The summed E-state index contributed by atoms with van der Waals surface area (Å²) in [7, 11) is 0. The highest BCUT2D eigenvalue weighted by molar-refractivity contribution is 5.95. The number of benzene rings is 1. The summed E-state index contributed by atoms with van der Waals surface area (Å²) >= 11 is 0. The highest BCUT2D eigenvalue weighted by Crippen LogP contribution is 2.21. The smallest absolute Gasteiger partial charge is 0.337 e. The van der Waals surface area contributed by atoms with Gasteiger partial charge in [0, 0.05) is 12.6 Å². The highest BCUT2D eigenvalue weighted by Gasteiger charge is 2.10. The number of aryl methyl sites for hydroxylation is 1. The number of carbonyl (C=O) groups is 1. The van der Waals surface area contributed by atoms with E-state index in [4.69, 9.17) is 0 Å². The van der Waals surface area contributed by atoms with Crippen LogP contribution in [0.1, 0.15) is 36.5 Å². The van der Waals surface area contributed by atoms with Gasteiger partial charge in [0.2, 0.25) is 0 Å². The van der Waals surface area contributed by atoms with Crippen molar-refractivity contribution in [1.29, 1.82) is 0 Å². The third kappa shape index (κ3) is 4.95. The van der Waals surface area contributed by atoms with Gasteiger partial charge in [0.25, 0.3) is 0 Å². The number of carboxylic acid groups (broad SMARTS) is 1. The lowest BCUT2D eigenvalue weighted by Gasteiger charge is -2.12. The molecule has 2 rings (SSSR count). The number of hydrogen-bond donors (Lipinski definition) is 3. The Balaban J connectivity index is 2.17. The van der Waals surface area contributed by atoms with E-state index in [1.54, 1.807) is 30.3 Å². The summed E-state index contributed by atoms with van der Waals surface area (Å²) in [4.78, 5) is 19.9. The van der Waals surface area contributed by atoms with Crippen LogP contribution < -0.4 is 10.6 Å². The van der Waals surface area contributed by atoms with Gasteiger partial charge in [-0.2, -0.15) is 0 Å². The van der Waals surface area contributed by atoms with Crippen LogP contribution in [0.4, 0.5) is 17.3 Å². The first-order chi connectivity index (χ1) is 11.0. The number of aromatic nitrogens is 2. The van der Waals surface area contributed by atoms with E-state index in [0.29, 0.717) is 23.2 Å². The minimum absolute atomic E-state index is 0.207. The molecule has 122 valence electrons. The molecule has 0 aliphatic carbocycles. The summed E-state index contributed by atoms with van der Waals surface area (Å²) in [6.07, 6.45) is 1.05. The van der Waals surface area contributed by atoms with Gasteiger partial charge >= 0.3 is 5.97 Å². The van der Waals surface area contributed by atoms with E-state index in [1.807, 2.05) is 6.92 Å². The molecular formula is C17H22N4O2. The Kier molecular flexibility index (Phi) is 5.51. The number of hydrogen-bond acceptors (Lipinski definition) is 5. The number of nitrogens with one attached hydrogen (secondary N) is 2. The zero-order valence-electron chi connectivity index (χ0n) is 13.6. The maximum Gasteiger partial charge on any atom is 0.337 e. The van der Waals surface area contributed by atoms with Gasteiger partial charge in [-0.25, -0.2) is 14.8 Å². The Bertz CT molecular complexity index is 686. The van der Waals surface area contributed by atoms with Crippen LogP contribution in [-0.2, 0) is 0 Å². The zero-order chi connectivity index (χ0) is 16.8. The molecule has 1 aromatic carbocycles. The minimum atomic E-state index is -0.978. The molecule has 0 aliphatic rings. The molecule has 0 atom stereocenters. The lowest BCUT2D eigenvalue weighted by Crippen LogP contribution is -2.09. The second-order valence-electron chi connectivity index (χ2n) is 5.77. The molecular weight excluding hydrogens is 292 g/mol. The Hall–Kier alpha value is -2.63. The van der Waals surface area contributed by atoms with Gasteiger partial charge in [-0.15, -0.1) is 0 Å². The van der Waals surface area contributed by atoms with Crippen LogP contribution in [0, 0.1) is 12.8 Å². The second-order valence-corrected chi connectivity index (χ2v) is 5.77. The molecule has 6 heteroatoms. The minimum Gasteiger partial charge on any atom is -0.478 e. The number of aromatic carboxylic acids is 1. The van der Waals surface area contributed by atoms with E-state index >= 15 is 0 Å². The SMILES string of the molecule is Cc1nc(NCCC(C)C)cc(Nc2ccccc2C(=O)O)n1. The van der Waals surface area contributed by atoms with Crippen molar-refractivity contribution in [3.63, 3.8) is 0 Å². The molecule has 6 nitrogen and oxygen atoms in total. The van der Waals surface area contributed by atoms with Gasteiger partial charge in [0.1, 0.15) is 17.5 Å². The standard InChI is InChI=1S/C17H22N4O2/c1-11(2)8-9-18-15-10-16(20-12(3)19-15)21-14-7-5-4-6-13(14)17(22)23/h4-7,10-11H,8-9H2,1-3H3,(H,22,23)(H2,18,19,20,21). The molecule has 0 aliphatic heterocycles. The number of carboxylic acids is 1. The largest absolute Gasteiger partial charge is 0.478 e. The maximum atomic E-state index is 11.3. The normalized spacial score (nSPS) is 10.6. The molecule has 23 heavy (non-hydrogen) atoms. The van der Waals surface area contributed by atoms with Crippen LogP contribution in [0.25, 0.3) is 0 Å². The average molecular weight is 314 g/mol. The third-order valence-electron chi connectivity index (χ3n) is 3.29. The Labute approximate surface area is 136 Å². The molecule has 0 unspecified atom stereocenters. The monoisotopic (exact) mass is 314 g/mol. The highest BCUT2D eigenvalue weighted by atomic mass is 16.4. The summed E-state index contributed by atoms with van der Waals surface area (Å²) in [5.74, 6) is 1.56. The number of anilines is 3. The van der Waals surface area contributed by atoms with E-state index in [2.05, 4.69) is 34.4 Å². The van der Waals surface area contributed by atoms with Gasteiger partial charge < -0.3 is 15.7 Å². The van der Waals surface area contributed by atoms with E-state index in [-0.39, 0.29) is 5.56 Å². The van der Waals surface area contributed by atoms with Gasteiger partial charge in [-0.05, 0) is 31.4 Å². The number of rotatable bonds is 7. The molecule has 0 amide bonds. The Morgan fingerprint density at radius 3 is 2.61 bits per heavy atom. The number of nitrogens with zero attached hydrogens (tertiary/aromatic N) is 2. The molecule has 0 saturated carbocycles. The third-order valence-corrected chi connectivity index (χ3v) is 3.29. The van der Waals surface area contributed by atoms with E-state index in [9.17, 15) is 9.90 Å². The van der Waals surface area contributed by atoms with Crippen molar-refractivity contribution < 1.29 is 9.90 Å². The molecule has 2 aromatic rings. The molecule has 1 aromatic heterocycles. The summed E-state index contributed by atoms with van der Waals surface area (Å²) in [6, 6.07) is 8.53. The van der Waals surface area contributed by atoms with Crippen LogP contribution in [0.2, 0.25) is 0 Å². The van der Waals surface area contributed by atoms with Crippen LogP contribution in [0.15, 0.2) is 30.3 Å². The van der Waals surface area contributed by atoms with Gasteiger partial charge in [-0.1, -0.05) is 26.0 Å². The van der Waals surface area contributed by atoms with Crippen molar-refractivity contribution in [1.82, 2.24) is 9.97 Å². The number of para-hydroxylation sites is 1. The Morgan fingerprint density at radius 1 is 1.22 bits per heavy atom. The van der Waals surface area contributed by atoms with E-state index in [0.717, 1.165) is 18.8 Å².